The van der Waals surface area contributed by atoms with Gasteiger partial charge in [-0.15, -0.1) is 0 Å². The summed E-state index contributed by atoms with van der Waals surface area (Å²) >= 11 is 0. The molecular formula is C18H21N3O5. The van der Waals surface area contributed by atoms with Gasteiger partial charge in [0.05, 0.1) is 24.3 Å². The van der Waals surface area contributed by atoms with Gasteiger partial charge in [-0.3, -0.25) is 14.9 Å². The van der Waals surface area contributed by atoms with Crippen LogP contribution < -0.4 is 20.5 Å². The van der Waals surface area contributed by atoms with Crippen LogP contribution in [-0.4, -0.2) is 24.5 Å². The van der Waals surface area contributed by atoms with E-state index in [0.717, 1.165) is 18.9 Å². The summed E-state index contributed by atoms with van der Waals surface area (Å²) in [6.07, 6.45) is 1.86. The maximum Gasteiger partial charge on any atom is 0.292 e. The number of benzene rings is 2. The highest BCUT2D eigenvalue weighted by Crippen LogP contribution is 2.30. The number of nitrogens with two attached hydrogens (primary N) is 1. The van der Waals surface area contributed by atoms with Crippen molar-refractivity contribution in [1.82, 2.24) is 0 Å². The number of carbonyl (C=O) groups excluding carboxylic acids is 1. The van der Waals surface area contributed by atoms with Crippen LogP contribution in [0.5, 0.6) is 11.5 Å². The van der Waals surface area contributed by atoms with Crippen LogP contribution in [0, 0.1) is 10.1 Å². The molecule has 0 aliphatic heterocycles. The Morgan fingerprint density at radius 1 is 1.27 bits per heavy atom. The number of rotatable bonds is 8. The van der Waals surface area contributed by atoms with Gasteiger partial charge in [-0.05, 0) is 30.7 Å². The van der Waals surface area contributed by atoms with Gasteiger partial charge >= 0.3 is 0 Å². The quantitative estimate of drug-likeness (QED) is 0.322. The summed E-state index contributed by atoms with van der Waals surface area (Å²) in [7, 11) is 1.52. The number of methoxy groups -OCH3 is 1. The molecule has 2 rings (SSSR count). The predicted octanol–water partition coefficient (Wildman–Crippen LogP) is 3.62. The first kappa shape index (κ1) is 19.0. The Kier molecular flexibility index (Phi) is 6.37. The van der Waals surface area contributed by atoms with Crippen LogP contribution in [-0.2, 0) is 0 Å². The molecule has 0 radical (unpaired) electrons. The molecule has 138 valence electrons. The van der Waals surface area contributed by atoms with E-state index in [-0.39, 0.29) is 16.9 Å². The fraction of sp³-hybridized carbons (Fsp3) is 0.278. The molecule has 0 aliphatic rings. The number of nitrogens with zero attached hydrogens (tertiary/aromatic N) is 1. The van der Waals surface area contributed by atoms with E-state index < -0.39 is 10.8 Å². The second-order valence-corrected chi connectivity index (χ2v) is 5.55. The number of hydrogen-bond donors (Lipinski definition) is 2. The minimum atomic E-state index is -0.628. The maximum absolute atomic E-state index is 12.5. The summed E-state index contributed by atoms with van der Waals surface area (Å²) in [5, 5.41) is 13.7. The van der Waals surface area contributed by atoms with Gasteiger partial charge in [-0.1, -0.05) is 13.3 Å². The summed E-state index contributed by atoms with van der Waals surface area (Å²) in [6, 6.07) is 8.96. The lowest BCUT2D eigenvalue weighted by Crippen LogP contribution is -2.14. The van der Waals surface area contributed by atoms with Gasteiger partial charge in [0.2, 0.25) is 0 Å². The summed E-state index contributed by atoms with van der Waals surface area (Å²) in [4.78, 5) is 22.9. The molecule has 0 bridgehead atoms. The molecular weight excluding hydrogens is 338 g/mol. The highest BCUT2D eigenvalue weighted by molar-refractivity contribution is 6.05. The molecule has 0 fully saturated rings. The van der Waals surface area contributed by atoms with Crippen LogP contribution in [0.15, 0.2) is 36.4 Å². The Hall–Kier alpha value is -3.29. The third-order valence-corrected chi connectivity index (χ3v) is 3.68. The predicted molar refractivity (Wildman–Crippen MR) is 98.9 cm³/mol. The van der Waals surface area contributed by atoms with Crippen molar-refractivity contribution in [3.63, 3.8) is 0 Å². The maximum atomic E-state index is 12.5. The Balaban J connectivity index is 2.27. The van der Waals surface area contributed by atoms with Crippen molar-refractivity contribution in [1.29, 1.82) is 0 Å². The van der Waals surface area contributed by atoms with Gasteiger partial charge < -0.3 is 20.5 Å². The van der Waals surface area contributed by atoms with Gasteiger partial charge in [0.1, 0.15) is 17.2 Å². The fourth-order valence-corrected chi connectivity index (χ4v) is 2.22. The van der Waals surface area contributed by atoms with E-state index in [0.29, 0.717) is 23.8 Å². The summed E-state index contributed by atoms with van der Waals surface area (Å²) < 4.78 is 10.9. The number of anilines is 2. The highest BCUT2D eigenvalue weighted by Gasteiger charge is 2.17. The third kappa shape index (κ3) is 4.62. The zero-order valence-corrected chi connectivity index (χ0v) is 14.7. The van der Waals surface area contributed by atoms with Crippen LogP contribution >= 0.6 is 0 Å². The molecule has 26 heavy (non-hydrogen) atoms. The normalized spacial score (nSPS) is 10.2. The molecule has 0 aromatic heterocycles. The lowest BCUT2D eigenvalue weighted by molar-refractivity contribution is -0.383. The molecule has 0 unspecified atom stereocenters. The molecule has 2 aromatic rings. The summed E-state index contributed by atoms with van der Waals surface area (Å²) in [5.74, 6) is 0.533. The lowest BCUT2D eigenvalue weighted by atomic mass is 10.1. The molecule has 8 nitrogen and oxygen atoms in total. The number of hydrogen-bond acceptors (Lipinski definition) is 6. The molecule has 0 spiro atoms. The van der Waals surface area contributed by atoms with E-state index in [1.807, 2.05) is 6.92 Å². The minimum Gasteiger partial charge on any atom is -0.497 e. The largest absolute Gasteiger partial charge is 0.497 e. The number of ether oxygens (including phenoxy) is 2. The zero-order chi connectivity index (χ0) is 19.1. The number of unbranched alkanes of at least 4 members (excludes halogenated alkanes) is 1. The van der Waals surface area contributed by atoms with Crippen molar-refractivity contribution in [2.24, 2.45) is 0 Å². The van der Waals surface area contributed by atoms with E-state index in [1.165, 1.54) is 19.2 Å². The van der Waals surface area contributed by atoms with Gasteiger partial charge in [-0.2, -0.15) is 0 Å². The number of nitro groups is 1. The molecule has 1 amide bonds. The standard InChI is InChI=1S/C18H21N3O5/c1-3-4-9-26-17-8-6-13(25-2)11-15(17)20-18(22)12-5-7-14(19)16(10-12)21(23)24/h5-8,10-11H,3-4,9,19H2,1-2H3,(H,20,22). The van der Waals surface area contributed by atoms with Crippen molar-refractivity contribution < 1.29 is 19.2 Å². The van der Waals surface area contributed by atoms with Crippen molar-refractivity contribution in [3.8, 4) is 11.5 Å². The van der Waals surface area contributed by atoms with Crippen molar-refractivity contribution in [2.45, 2.75) is 19.8 Å². The van der Waals surface area contributed by atoms with Gasteiger partial charge in [0.15, 0.2) is 0 Å². The van der Waals surface area contributed by atoms with E-state index in [4.69, 9.17) is 15.2 Å². The van der Waals surface area contributed by atoms with E-state index >= 15 is 0 Å². The van der Waals surface area contributed by atoms with E-state index in [2.05, 4.69) is 5.32 Å². The molecule has 0 heterocycles. The SMILES string of the molecule is CCCCOc1ccc(OC)cc1NC(=O)c1ccc(N)c([N+](=O)[O-])c1. The van der Waals surface area contributed by atoms with E-state index in [9.17, 15) is 14.9 Å². The monoisotopic (exact) mass is 359 g/mol. The third-order valence-electron chi connectivity index (χ3n) is 3.68. The number of amides is 1. The van der Waals surface area contributed by atoms with Crippen LogP contribution in [0.1, 0.15) is 30.1 Å². The van der Waals surface area contributed by atoms with Crippen LogP contribution in [0.4, 0.5) is 17.1 Å². The Morgan fingerprint density at radius 3 is 2.69 bits per heavy atom. The molecule has 0 atom stereocenters. The highest BCUT2D eigenvalue weighted by atomic mass is 16.6. The fourth-order valence-electron chi connectivity index (χ4n) is 2.22. The molecule has 3 N–H and O–H groups in total. The molecule has 0 saturated heterocycles. The second-order valence-electron chi connectivity index (χ2n) is 5.55. The average Bonchev–Trinajstić information content (AvgIpc) is 2.63. The lowest BCUT2D eigenvalue weighted by Gasteiger charge is -2.14. The first-order valence-electron chi connectivity index (χ1n) is 8.12. The summed E-state index contributed by atoms with van der Waals surface area (Å²) in [6.45, 7) is 2.56. The van der Waals surface area contributed by atoms with Crippen LogP contribution in [0.25, 0.3) is 0 Å². The minimum absolute atomic E-state index is 0.00322. The number of nitro benzene ring substituents is 1. The average molecular weight is 359 g/mol. The first-order valence-corrected chi connectivity index (χ1v) is 8.12. The van der Waals surface area contributed by atoms with Crippen molar-refractivity contribution in [2.75, 3.05) is 24.8 Å². The Bertz CT molecular complexity index is 807. The molecule has 8 heteroatoms. The molecule has 0 saturated carbocycles. The van der Waals surface area contributed by atoms with Gasteiger partial charge in [-0.25, -0.2) is 0 Å². The van der Waals surface area contributed by atoms with Crippen molar-refractivity contribution in [3.05, 3.63) is 52.1 Å². The van der Waals surface area contributed by atoms with Gasteiger partial charge in [0, 0.05) is 17.7 Å². The van der Waals surface area contributed by atoms with Crippen molar-refractivity contribution >= 4 is 23.0 Å². The molecule has 0 aliphatic carbocycles. The smallest absolute Gasteiger partial charge is 0.292 e. The second kappa shape index (κ2) is 8.70. The zero-order valence-electron chi connectivity index (χ0n) is 14.7. The first-order chi connectivity index (χ1) is 12.5. The topological polar surface area (TPSA) is 117 Å². The molecule has 2 aromatic carbocycles. The van der Waals surface area contributed by atoms with Crippen LogP contribution in [0.2, 0.25) is 0 Å². The van der Waals surface area contributed by atoms with Gasteiger partial charge in [0.25, 0.3) is 11.6 Å². The number of nitrogens with one attached hydrogen (secondary N) is 1. The Morgan fingerprint density at radius 2 is 2.04 bits per heavy atom. The van der Waals surface area contributed by atoms with E-state index in [1.54, 1.807) is 18.2 Å². The summed E-state index contributed by atoms with van der Waals surface area (Å²) in [5.41, 5.74) is 5.78. The number of carbonyl (C=O) groups is 1. The number of nitrogen functional groups attached to an aromatic ring is 1. The Labute approximate surface area is 151 Å². The van der Waals surface area contributed by atoms with Crippen LogP contribution in [0.3, 0.4) is 0 Å².